The van der Waals surface area contributed by atoms with Crippen LogP contribution in [0.2, 0.25) is 0 Å². The smallest absolute Gasteiger partial charge is 0.416 e. The van der Waals surface area contributed by atoms with Gasteiger partial charge in [-0.25, -0.2) is 18.1 Å². The number of quaternary nitrogens is 1. The van der Waals surface area contributed by atoms with E-state index < -0.39 is 16.1 Å². The molecule has 0 saturated carbocycles. The van der Waals surface area contributed by atoms with E-state index in [1.54, 1.807) is 13.0 Å². The second-order valence-corrected chi connectivity index (χ2v) is 8.67. The van der Waals surface area contributed by atoms with Gasteiger partial charge in [0.1, 0.15) is 6.61 Å². The molecule has 142 valence electrons. The lowest BCUT2D eigenvalue weighted by Gasteiger charge is -2.31. The van der Waals surface area contributed by atoms with E-state index in [2.05, 4.69) is 0 Å². The number of rotatable bonds is 4. The standard InChI is InChI=1S/C17H23N3O5S/c1-13-3-4-14(2)15(11-13)26(23,24)19-7-5-18(6-8-19)12-16(21)20-9-10-25-17(20)22/h3-4,11H,5-10,12H2,1-2H3/p+1. The molecule has 0 radical (unpaired) electrons. The quantitative estimate of drug-likeness (QED) is 0.735. The second kappa shape index (κ2) is 7.34. The molecule has 2 amide bonds. The van der Waals surface area contributed by atoms with Gasteiger partial charge in [-0.3, -0.25) is 4.79 Å². The number of carbonyl (C=O) groups excluding carboxylic acids is 2. The Labute approximate surface area is 153 Å². The third-order valence-corrected chi connectivity index (χ3v) is 6.89. The number of sulfonamides is 1. The van der Waals surface area contributed by atoms with Gasteiger partial charge in [0.05, 0.1) is 37.6 Å². The van der Waals surface area contributed by atoms with Crippen LogP contribution in [0.25, 0.3) is 0 Å². The Morgan fingerprint density at radius 1 is 1.19 bits per heavy atom. The van der Waals surface area contributed by atoms with E-state index in [0.29, 0.717) is 31.1 Å². The van der Waals surface area contributed by atoms with Crippen LogP contribution in [0.5, 0.6) is 0 Å². The first-order valence-electron chi connectivity index (χ1n) is 8.67. The largest absolute Gasteiger partial charge is 0.447 e. The molecular weight excluding hydrogens is 358 g/mol. The van der Waals surface area contributed by atoms with E-state index in [1.165, 1.54) is 4.31 Å². The maximum absolute atomic E-state index is 12.9. The fraction of sp³-hybridized carbons (Fsp3) is 0.529. The van der Waals surface area contributed by atoms with Crippen molar-refractivity contribution in [3.8, 4) is 0 Å². The Morgan fingerprint density at radius 2 is 1.88 bits per heavy atom. The summed E-state index contributed by atoms with van der Waals surface area (Å²) >= 11 is 0. The van der Waals surface area contributed by atoms with Gasteiger partial charge < -0.3 is 9.64 Å². The van der Waals surface area contributed by atoms with Crippen LogP contribution in [0.15, 0.2) is 23.1 Å². The van der Waals surface area contributed by atoms with Crippen LogP contribution in [0.1, 0.15) is 11.1 Å². The predicted octanol–water partition coefficient (Wildman–Crippen LogP) is -0.829. The van der Waals surface area contributed by atoms with E-state index in [9.17, 15) is 18.0 Å². The SMILES string of the molecule is Cc1ccc(C)c(S(=O)(=O)N2CC[NH+](CC(=O)N3CCOC3=O)CC2)c1. The van der Waals surface area contributed by atoms with Crippen molar-refractivity contribution in [2.45, 2.75) is 18.7 Å². The number of nitrogens with one attached hydrogen (secondary N) is 1. The molecule has 2 aliphatic rings. The van der Waals surface area contributed by atoms with Crippen LogP contribution >= 0.6 is 0 Å². The molecule has 0 unspecified atom stereocenters. The van der Waals surface area contributed by atoms with E-state index in [4.69, 9.17) is 4.74 Å². The molecule has 0 atom stereocenters. The molecular formula is C17H24N3O5S+. The van der Waals surface area contributed by atoms with Crippen molar-refractivity contribution in [1.29, 1.82) is 0 Å². The molecule has 2 fully saturated rings. The van der Waals surface area contributed by atoms with Crippen LogP contribution in [0.3, 0.4) is 0 Å². The van der Waals surface area contributed by atoms with Crippen LogP contribution in [-0.4, -0.2) is 75.5 Å². The summed E-state index contributed by atoms with van der Waals surface area (Å²) in [5, 5.41) is 0. The average Bonchev–Trinajstić information content (AvgIpc) is 3.03. The first-order chi connectivity index (χ1) is 12.3. The third-order valence-electron chi connectivity index (χ3n) is 4.85. The maximum Gasteiger partial charge on any atom is 0.416 e. The van der Waals surface area contributed by atoms with Gasteiger partial charge >= 0.3 is 6.09 Å². The highest BCUT2D eigenvalue weighted by atomic mass is 32.2. The van der Waals surface area contributed by atoms with Crippen molar-refractivity contribution in [3.63, 3.8) is 0 Å². The van der Waals surface area contributed by atoms with Crippen molar-refractivity contribution in [2.75, 3.05) is 45.9 Å². The molecule has 0 aromatic heterocycles. The van der Waals surface area contributed by atoms with E-state index in [-0.39, 0.29) is 25.6 Å². The highest BCUT2D eigenvalue weighted by Crippen LogP contribution is 2.21. The molecule has 8 nitrogen and oxygen atoms in total. The molecule has 1 aromatic carbocycles. The van der Waals surface area contributed by atoms with Crippen molar-refractivity contribution in [1.82, 2.24) is 9.21 Å². The summed E-state index contributed by atoms with van der Waals surface area (Å²) < 4.78 is 32.1. The third kappa shape index (κ3) is 3.74. The first kappa shape index (κ1) is 18.8. The summed E-state index contributed by atoms with van der Waals surface area (Å²) in [6.45, 7) is 6.12. The summed E-state index contributed by atoms with van der Waals surface area (Å²) in [6.07, 6.45) is -0.592. The van der Waals surface area contributed by atoms with Crippen LogP contribution in [0.4, 0.5) is 4.79 Å². The van der Waals surface area contributed by atoms with Crippen LogP contribution in [-0.2, 0) is 19.6 Å². The molecule has 9 heteroatoms. The number of imide groups is 1. The number of benzene rings is 1. The molecule has 0 aliphatic carbocycles. The minimum atomic E-state index is -3.54. The number of hydrogen-bond acceptors (Lipinski definition) is 5. The summed E-state index contributed by atoms with van der Waals surface area (Å²) in [7, 11) is -3.54. The summed E-state index contributed by atoms with van der Waals surface area (Å²) in [5.74, 6) is -0.270. The van der Waals surface area contributed by atoms with Crippen molar-refractivity contribution < 1.29 is 27.6 Å². The molecule has 2 aliphatic heterocycles. The normalized spacial score (nSPS) is 19.6. The number of cyclic esters (lactones) is 1. The lowest BCUT2D eigenvalue weighted by molar-refractivity contribution is -0.895. The van der Waals surface area contributed by atoms with Crippen molar-refractivity contribution >= 4 is 22.0 Å². The van der Waals surface area contributed by atoms with Gasteiger partial charge in [-0.1, -0.05) is 12.1 Å². The minimum absolute atomic E-state index is 0.173. The number of carbonyl (C=O) groups is 2. The average molecular weight is 382 g/mol. The maximum atomic E-state index is 12.9. The van der Waals surface area contributed by atoms with Gasteiger partial charge in [-0.05, 0) is 31.0 Å². The lowest BCUT2D eigenvalue weighted by atomic mass is 10.2. The van der Waals surface area contributed by atoms with E-state index in [1.807, 2.05) is 19.1 Å². The van der Waals surface area contributed by atoms with Crippen molar-refractivity contribution in [3.05, 3.63) is 29.3 Å². The van der Waals surface area contributed by atoms with Gasteiger partial charge in [0.25, 0.3) is 5.91 Å². The molecule has 0 spiro atoms. The minimum Gasteiger partial charge on any atom is -0.447 e. The molecule has 2 heterocycles. The Balaban J connectivity index is 1.62. The fourth-order valence-electron chi connectivity index (χ4n) is 3.27. The summed E-state index contributed by atoms with van der Waals surface area (Å²) in [6, 6.07) is 5.41. The first-order valence-corrected chi connectivity index (χ1v) is 10.1. The molecule has 0 bridgehead atoms. The number of hydrogen-bond donors (Lipinski definition) is 1. The number of piperazine rings is 1. The van der Waals surface area contributed by atoms with Gasteiger partial charge in [-0.2, -0.15) is 4.31 Å². The van der Waals surface area contributed by atoms with E-state index in [0.717, 1.165) is 20.9 Å². The fourth-order valence-corrected chi connectivity index (χ4v) is 5.02. The Bertz CT molecular complexity index is 816. The zero-order valence-corrected chi connectivity index (χ0v) is 15.8. The number of amides is 2. The predicted molar refractivity (Wildman–Crippen MR) is 93.3 cm³/mol. The van der Waals surface area contributed by atoms with Gasteiger partial charge in [0.2, 0.25) is 10.0 Å². The van der Waals surface area contributed by atoms with Crippen LogP contribution in [0, 0.1) is 13.8 Å². The van der Waals surface area contributed by atoms with Gasteiger partial charge in [0.15, 0.2) is 6.54 Å². The highest BCUT2D eigenvalue weighted by Gasteiger charge is 2.35. The molecule has 3 rings (SSSR count). The number of nitrogens with zero attached hydrogens (tertiary/aromatic N) is 2. The van der Waals surface area contributed by atoms with Crippen LogP contribution < -0.4 is 4.90 Å². The van der Waals surface area contributed by atoms with Gasteiger partial charge in [0, 0.05) is 0 Å². The Morgan fingerprint density at radius 3 is 2.50 bits per heavy atom. The van der Waals surface area contributed by atoms with Crippen molar-refractivity contribution in [2.24, 2.45) is 0 Å². The monoisotopic (exact) mass is 382 g/mol. The second-order valence-electron chi connectivity index (χ2n) is 6.76. The molecule has 1 aromatic rings. The molecule has 2 saturated heterocycles. The zero-order valence-electron chi connectivity index (χ0n) is 15.0. The Hall–Kier alpha value is -1.97. The Kier molecular flexibility index (Phi) is 5.31. The molecule has 26 heavy (non-hydrogen) atoms. The van der Waals surface area contributed by atoms with E-state index >= 15 is 0 Å². The number of ether oxygens (including phenoxy) is 1. The number of aryl methyl sites for hydroxylation is 2. The summed E-state index contributed by atoms with van der Waals surface area (Å²) in [5.41, 5.74) is 1.63. The topological polar surface area (TPSA) is 88.4 Å². The molecule has 1 N–H and O–H groups in total. The highest BCUT2D eigenvalue weighted by molar-refractivity contribution is 7.89. The zero-order chi connectivity index (χ0) is 18.9. The lowest BCUT2D eigenvalue weighted by Crippen LogP contribution is -3.15. The summed E-state index contributed by atoms with van der Waals surface area (Å²) in [4.78, 5) is 26.1. The van der Waals surface area contributed by atoms with Gasteiger partial charge in [-0.15, -0.1) is 0 Å².